The Morgan fingerprint density at radius 3 is 2.44 bits per heavy atom. The van der Waals surface area contributed by atoms with E-state index in [4.69, 9.17) is 16.4 Å². The summed E-state index contributed by atoms with van der Waals surface area (Å²) in [4.78, 5) is 39.1. The van der Waals surface area contributed by atoms with Gasteiger partial charge in [-0.1, -0.05) is 11.6 Å². The number of rotatable bonds is 2. The summed E-state index contributed by atoms with van der Waals surface area (Å²) in [6, 6.07) is 4.57. The molecule has 0 unspecified atom stereocenters. The van der Waals surface area contributed by atoms with Gasteiger partial charge in [0.15, 0.2) is 0 Å². The van der Waals surface area contributed by atoms with Crippen LogP contribution in [0.4, 0.5) is 0 Å². The van der Waals surface area contributed by atoms with Crippen molar-refractivity contribution in [1.82, 2.24) is 5.06 Å². The van der Waals surface area contributed by atoms with E-state index in [1.807, 2.05) is 0 Å². The number of benzene rings is 1. The van der Waals surface area contributed by atoms with Crippen molar-refractivity contribution in [2.24, 2.45) is 0 Å². The zero-order chi connectivity index (χ0) is 13.3. The van der Waals surface area contributed by atoms with Gasteiger partial charge in [0.2, 0.25) is 0 Å². The highest BCUT2D eigenvalue weighted by Crippen LogP contribution is 2.18. The normalized spacial score (nSPS) is 15.1. The van der Waals surface area contributed by atoms with Gasteiger partial charge in [-0.25, -0.2) is 4.79 Å². The van der Waals surface area contributed by atoms with Gasteiger partial charge >= 0.3 is 5.97 Å². The van der Waals surface area contributed by atoms with E-state index in [0.717, 1.165) is 0 Å². The maximum absolute atomic E-state index is 11.7. The van der Waals surface area contributed by atoms with E-state index in [1.165, 1.54) is 12.1 Å². The topological polar surface area (TPSA) is 63.7 Å². The van der Waals surface area contributed by atoms with Crippen molar-refractivity contribution in [3.63, 3.8) is 0 Å². The van der Waals surface area contributed by atoms with Gasteiger partial charge in [-0.3, -0.25) is 9.59 Å². The van der Waals surface area contributed by atoms with Crippen molar-refractivity contribution in [1.29, 1.82) is 0 Å². The molecular weight excluding hydrogens is 258 g/mol. The van der Waals surface area contributed by atoms with Gasteiger partial charge in [-0.2, -0.15) is 0 Å². The molecule has 0 aromatic heterocycles. The number of nitrogens with zero attached hydrogens (tertiary/aromatic N) is 1. The fourth-order valence-electron chi connectivity index (χ4n) is 1.57. The molecule has 94 valence electrons. The molecule has 1 aliphatic rings. The molecule has 0 saturated carbocycles. The predicted molar refractivity (Wildman–Crippen MR) is 62.7 cm³/mol. The first-order valence-corrected chi connectivity index (χ1v) is 5.71. The summed E-state index contributed by atoms with van der Waals surface area (Å²) in [5, 5.41) is 1.05. The van der Waals surface area contributed by atoms with Crippen LogP contribution in [-0.4, -0.2) is 22.8 Å². The standard InChI is InChI=1S/C12H10ClNO4/c1-7-6-8(2-3-9(7)13)12(17)18-14-10(15)4-5-11(14)16/h2-3,6H,4-5H2,1H3. The lowest BCUT2D eigenvalue weighted by Crippen LogP contribution is -2.32. The highest BCUT2D eigenvalue weighted by molar-refractivity contribution is 6.31. The Bertz CT molecular complexity index is 525. The van der Waals surface area contributed by atoms with Crippen molar-refractivity contribution in [2.45, 2.75) is 19.8 Å². The molecule has 5 nitrogen and oxygen atoms in total. The minimum Gasteiger partial charge on any atom is -0.325 e. The summed E-state index contributed by atoms with van der Waals surface area (Å²) in [7, 11) is 0. The van der Waals surface area contributed by atoms with Crippen molar-refractivity contribution < 1.29 is 19.2 Å². The number of hydroxylamine groups is 2. The Balaban J connectivity index is 2.14. The molecule has 0 N–H and O–H groups in total. The number of imide groups is 1. The van der Waals surface area contributed by atoms with Crippen LogP contribution in [0.2, 0.25) is 5.02 Å². The average molecular weight is 268 g/mol. The predicted octanol–water partition coefficient (Wildman–Crippen LogP) is 1.87. The van der Waals surface area contributed by atoms with E-state index in [0.29, 0.717) is 15.6 Å². The Morgan fingerprint density at radius 1 is 1.28 bits per heavy atom. The van der Waals surface area contributed by atoms with Gasteiger partial charge in [-0.05, 0) is 30.7 Å². The zero-order valence-corrected chi connectivity index (χ0v) is 10.4. The third-order valence-electron chi connectivity index (χ3n) is 2.57. The van der Waals surface area contributed by atoms with Crippen LogP contribution in [0.1, 0.15) is 28.8 Å². The summed E-state index contributed by atoms with van der Waals surface area (Å²) in [6.45, 7) is 1.74. The van der Waals surface area contributed by atoms with Crippen LogP contribution in [0.3, 0.4) is 0 Å². The number of aryl methyl sites for hydroxylation is 1. The molecule has 6 heteroatoms. The Morgan fingerprint density at radius 2 is 1.89 bits per heavy atom. The minimum absolute atomic E-state index is 0.0752. The molecule has 0 radical (unpaired) electrons. The van der Waals surface area contributed by atoms with Gasteiger partial charge in [0, 0.05) is 17.9 Å². The fourth-order valence-corrected chi connectivity index (χ4v) is 1.68. The second-order valence-corrected chi connectivity index (χ2v) is 4.33. The SMILES string of the molecule is Cc1cc(C(=O)ON2C(=O)CCC2=O)ccc1Cl. The third kappa shape index (κ3) is 2.36. The lowest BCUT2D eigenvalue weighted by Gasteiger charge is -2.12. The van der Waals surface area contributed by atoms with E-state index in [1.54, 1.807) is 13.0 Å². The Kier molecular flexibility index (Phi) is 3.34. The number of carbonyl (C=O) groups is 3. The van der Waals surface area contributed by atoms with Crippen molar-refractivity contribution in [2.75, 3.05) is 0 Å². The number of halogens is 1. The summed E-state index contributed by atoms with van der Waals surface area (Å²) < 4.78 is 0. The van der Waals surface area contributed by atoms with E-state index >= 15 is 0 Å². The van der Waals surface area contributed by atoms with Crippen molar-refractivity contribution in [3.05, 3.63) is 34.3 Å². The van der Waals surface area contributed by atoms with Gasteiger partial charge in [0.25, 0.3) is 11.8 Å². The van der Waals surface area contributed by atoms with Crippen LogP contribution in [0, 0.1) is 6.92 Å². The molecule has 0 spiro atoms. The molecular formula is C12H10ClNO4. The first kappa shape index (κ1) is 12.6. The zero-order valence-electron chi connectivity index (χ0n) is 9.60. The molecule has 0 aliphatic carbocycles. The number of carbonyl (C=O) groups excluding carboxylic acids is 3. The highest BCUT2D eigenvalue weighted by atomic mass is 35.5. The maximum atomic E-state index is 11.7. The molecule has 0 atom stereocenters. The van der Waals surface area contributed by atoms with Crippen LogP contribution in [-0.2, 0) is 14.4 Å². The molecule has 0 bridgehead atoms. The highest BCUT2D eigenvalue weighted by Gasteiger charge is 2.33. The van der Waals surface area contributed by atoms with Crippen molar-refractivity contribution >= 4 is 29.4 Å². The average Bonchev–Trinajstić information content (AvgIpc) is 2.64. The van der Waals surface area contributed by atoms with E-state index in [2.05, 4.69) is 0 Å². The lowest BCUT2D eigenvalue weighted by atomic mass is 10.1. The van der Waals surface area contributed by atoms with Gasteiger partial charge in [0.05, 0.1) is 5.56 Å². The summed E-state index contributed by atoms with van der Waals surface area (Å²) in [5.74, 6) is -1.75. The first-order valence-electron chi connectivity index (χ1n) is 5.33. The van der Waals surface area contributed by atoms with Gasteiger partial charge in [-0.15, -0.1) is 5.06 Å². The van der Waals surface area contributed by atoms with E-state index < -0.39 is 17.8 Å². The van der Waals surface area contributed by atoms with E-state index in [-0.39, 0.29) is 18.4 Å². The fraction of sp³-hybridized carbons (Fsp3) is 0.250. The molecule has 1 fully saturated rings. The van der Waals surface area contributed by atoms with Gasteiger partial charge in [0.1, 0.15) is 0 Å². The van der Waals surface area contributed by atoms with Crippen LogP contribution in [0.25, 0.3) is 0 Å². The van der Waals surface area contributed by atoms with Crippen LogP contribution in [0.5, 0.6) is 0 Å². The molecule has 2 rings (SSSR count). The van der Waals surface area contributed by atoms with Crippen LogP contribution in [0.15, 0.2) is 18.2 Å². The van der Waals surface area contributed by atoms with Crippen molar-refractivity contribution in [3.8, 4) is 0 Å². The number of hydrogen-bond acceptors (Lipinski definition) is 4. The van der Waals surface area contributed by atoms with Crippen LogP contribution >= 0.6 is 11.6 Å². The largest absolute Gasteiger partial charge is 0.363 e. The Hall–Kier alpha value is -1.88. The lowest BCUT2D eigenvalue weighted by molar-refractivity contribution is -0.172. The van der Waals surface area contributed by atoms with E-state index in [9.17, 15) is 14.4 Å². The molecule has 1 aromatic rings. The number of hydrogen-bond donors (Lipinski definition) is 0. The number of amides is 2. The Labute approximate surface area is 108 Å². The summed E-state index contributed by atoms with van der Waals surface area (Å²) >= 11 is 5.83. The molecule has 2 amide bonds. The smallest absolute Gasteiger partial charge is 0.325 e. The molecule has 1 saturated heterocycles. The first-order chi connectivity index (χ1) is 8.49. The quantitative estimate of drug-likeness (QED) is 0.768. The molecule has 18 heavy (non-hydrogen) atoms. The van der Waals surface area contributed by atoms with Gasteiger partial charge < -0.3 is 4.84 Å². The molecule has 1 aliphatic heterocycles. The minimum atomic E-state index is -0.752. The summed E-state index contributed by atoms with van der Waals surface area (Å²) in [6.07, 6.45) is 0.150. The third-order valence-corrected chi connectivity index (χ3v) is 3.00. The second-order valence-electron chi connectivity index (χ2n) is 3.92. The summed E-state index contributed by atoms with van der Waals surface area (Å²) in [5.41, 5.74) is 0.953. The van der Waals surface area contributed by atoms with Crippen LogP contribution < -0.4 is 0 Å². The monoisotopic (exact) mass is 267 g/mol. The maximum Gasteiger partial charge on any atom is 0.363 e. The molecule has 1 aromatic carbocycles. The second kappa shape index (κ2) is 4.78. The molecule has 1 heterocycles.